The number of aryl methyl sites for hydroxylation is 1. The number of aromatic nitrogens is 2. The van der Waals surface area contributed by atoms with E-state index in [0.29, 0.717) is 23.7 Å². The van der Waals surface area contributed by atoms with Crippen molar-refractivity contribution >= 4 is 15.7 Å². The average molecular weight is 357 g/mol. The van der Waals surface area contributed by atoms with Gasteiger partial charge in [0.25, 0.3) is 10.0 Å². The molecule has 0 fully saturated rings. The number of benzene rings is 2. The normalized spacial score (nSPS) is 11.3. The van der Waals surface area contributed by atoms with Crippen molar-refractivity contribution in [2.75, 3.05) is 11.3 Å². The van der Waals surface area contributed by atoms with Crippen LogP contribution in [0.15, 0.2) is 65.7 Å². The summed E-state index contributed by atoms with van der Waals surface area (Å²) in [5, 5.41) is 4.30. The largest absolute Gasteiger partial charge is 0.494 e. The zero-order valence-electron chi connectivity index (χ0n) is 14.0. The van der Waals surface area contributed by atoms with Gasteiger partial charge in [0.05, 0.1) is 24.2 Å². The van der Waals surface area contributed by atoms with Gasteiger partial charge in [0, 0.05) is 5.69 Å². The van der Waals surface area contributed by atoms with Crippen LogP contribution in [-0.4, -0.2) is 24.8 Å². The Hall–Kier alpha value is -2.80. The molecular formula is C18H19N3O3S. The maximum Gasteiger partial charge on any atom is 0.265 e. The van der Waals surface area contributed by atoms with Gasteiger partial charge in [-0.2, -0.15) is 5.10 Å². The van der Waals surface area contributed by atoms with E-state index >= 15 is 0 Å². The predicted molar refractivity (Wildman–Crippen MR) is 96.7 cm³/mol. The van der Waals surface area contributed by atoms with Crippen LogP contribution in [0.2, 0.25) is 0 Å². The Morgan fingerprint density at radius 2 is 1.76 bits per heavy atom. The van der Waals surface area contributed by atoms with Gasteiger partial charge in [-0.25, -0.2) is 13.1 Å². The molecule has 2 aromatic carbocycles. The fourth-order valence-corrected chi connectivity index (χ4v) is 3.64. The first-order valence-corrected chi connectivity index (χ1v) is 9.35. The van der Waals surface area contributed by atoms with Gasteiger partial charge < -0.3 is 4.74 Å². The maximum absolute atomic E-state index is 12.7. The molecule has 0 aliphatic heterocycles. The topological polar surface area (TPSA) is 73.2 Å². The van der Waals surface area contributed by atoms with Gasteiger partial charge in [-0.1, -0.05) is 18.2 Å². The summed E-state index contributed by atoms with van der Waals surface area (Å²) in [6.45, 7) is 4.12. The number of anilines is 1. The van der Waals surface area contributed by atoms with Crippen molar-refractivity contribution in [3.63, 3.8) is 0 Å². The van der Waals surface area contributed by atoms with Crippen molar-refractivity contribution in [2.24, 2.45) is 0 Å². The number of nitrogens with zero attached hydrogens (tertiary/aromatic N) is 2. The van der Waals surface area contributed by atoms with E-state index in [4.69, 9.17) is 4.74 Å². The van der Waals surface area contributed by atoms with Gasteiger partial charge in [-0.3, -0.25) is 4.72 Å². The quantitative estimate of drug-likeness (QED) is 0.734. The van der Waals surface area contributed by atoms with Crippen LogP contribution in [0.5, 0.6) is 5.75 Å². The highest BCUT2D eigenvalue weighted by molar-refractivity contribution is 7.92. The Bertz CT molecular complexity index is 949. The van der Waals surface area contributed by atoms with E-state index in [1.54, 1.807) is 35.9 Å². The second-order valence-electron chi connectivity index (χ2n) is 5.42. The van der Waals surface area contributed by atoms with Crippen LogP contribution in [0.1, 0.15) is 12.6 Å². The van der Waals surface area contributed by atoms with Crippen molar-refractivity contribution in [1.82, 2.24) is 9.78 Å². The molecule has 0 aliphatic carbocycles. The molecule has 7 heteroatoms. The molecule has 0 spiro atoms. The number of para-hydroxylation sites is 1. The van der Waals surface area contributed by atoms with Crippen LogP contribution in [0.4, 0.5) is 5.69 Å². The Kier molecular flexibility index (Phi) is 4.76. The highest BCUT2D eigenvalue weighted by Gasteiger charge is 2.21. The van der Waals surface area contributed by atoms with Crippen LogP contribution in [0.25, 0.3) is 5.69 Å². The van der Waals surface area contributed by atoms with E-state index in [9.17, 15) is 8.42 Å². The smallest absolute Gasteiger partial charge is 0.265 e. The Morgan fingerprint density at radius 3 is 2.40 bits per heavy atom. The SMILES string of the molecule is CCOc1ccc(NS(=O)(=O)c2cn(-c3ccccc3)nc2C)cc1. The Labute approximate surface area is 147 Å². The van der Waals surface area contributed by atoms with Gasteiger partial charge in [0.2, 0.25) is 0 Å². The average Bonchev–Trinajstić information content (AvgIpc) is 3.00. The molecule has 0 atom stereocenters. The first kappa shape index (κ1) is 17.0. The van der Waals surface area contributed by atoms with E-state index in [-0.39, 0.29) is 4.90 Å². The number of rotatable bonds is 6. The maximum atomic E-state index is 12.7. The molecular weight excluding hydrogens is 338 g/mol. The van der Waals surface area contributed by atoms with E-state index < -0.39 is 10.0 Å². The number of ether oxygens (including phenoxy) is 1. The van der Waals surface area contributed by atoms with Crippen LogP contribution < -0.4 is 9.46 Å². The lowest BCUT2D eigenvalue weighted by Gasteiger charge is -2.08. The lowest BCUT2D eigenvalue weighted by Crippen LogP contribution is -2.13. The van der Waals surface area contributed by atoms with Gasteiger partial charge in [-0.05, 0) is 50.2 Å². The molecule has 0 aliphatic rings. The number of nitrogens with one attached hydrogen (secondary N) is 1. The van der Waals surface area contributed by atoms with Crippen LogP contribution in [-0.2, 0) is 10.0 Å². The molecule has 0 saturated heterocycles. The third-order valence-electron chi connectivity index (χ3n) is 3.58. The fourth-order valence-electron chi connectivity index (χ4n) is 2.42. The second-order valence-corrected chi connectivity index (χ2v) is 7.07. The molecule has 1 aromatic heterocycles. The summed E-state index contributed by atoms with van der Waals surface area (Å²) in [5.41, 5.74) is 1.70. The molecule has 0 amide bonds. The number of sulfonamides is 1. The molecule has 6 nitrogen and oxygen atoms in total. The number of hydrogen-bond donors (Lipinski definition) is 1. The summed E-state index contributed by atoms with van der Waals surface area (Å²) in [4.78, 5) is 0.144. The second kappa shape index (κ2) is 6.98. The molecule has 3 aromatic rings. The van der Waals surface area contributed by atoms with Crippen LogP contribution >= 0.6 is 0 Å². The molecule has 130 valence electrons. The Morgan fingerprint density at radius 1 is 1.08 bits per heavy atom. The lowest BCUT2D eigenvalue weighted by atomic mass is 10.3. The van der Waals surface area contributed by atoms with Crippen LogP contribution in [0, 0.1) is 6.92 Å². The van der Waals surface area contributed by atoms with Gasteiger partial charge >= 0.3 is 0 Å². The summed E-state index contributed by atoms with van der Waals surface area (Å²) in [6.07, 6.45) is 1.52. The van der Waals surface area contributed by atoms with Crippen molar-refractivity contribution in [3.05, 3.63) is 66.5 Å². The van der Waals surface area contributed by atoms with Crippen molar-refractivity contribution < 1.29 is 13.2 Å². The molecule has 0 radical (unpaired) electrons. The van der Waals surface area contributed by atoms with Gasteiger partial charge in [0.1, 0.15) is 10.6 Å². The van der Waals surface area contributed by atoms with E-state index in [0.717, 1.165) is 5.69 Å². The van der Waals surface area contributed by atoms with Gasteiger partial charge in [0.15, 0.2) is 0 Å². The Balaban J connectivity index is 1.86. The minimum Gasteiger partial charge on any atom is -0.494 e. The third-order valence-corrected chi connectivity index (χ3v) is 5.07. The van der Waals surface area contributed by atoms with Crippen molar-refractivity contribution in [2.45, 2.75) is 18.7 Å². The molecule has 25 heavy (non-hydrogen) atoms. The minimum atomic E-state index is -3.73. The zero-order chi connectivity index (χ0) is 17.9. The highest BCUT2D eigenvalue weighted by Crippen LogP contribution is 2.22. The third kappa shape index (κ3) is 3.83. The lowest BCUT2D eigenvalue weighted by molar-refractivity contribution is 0.340. The summed E-state index contributed by atoms with van der Waals surface area (Å²) in [5.74, 6) is 0.693. The first-order chi connectivity index (χ1) is 12.0. The monoisotopic (exact) mass is 357 g/mol. The summed E-state index contributed by atoms with van der Waals surface area (Å²) in [7, 11) is -3.73. The van der Waals surface area contributed by atoms with E-state index in [1.807, 2.05) is 37.3 Å². The molecule has 0 bridgehead atoms. The minimum absolute atomic E-state index is 0.144. The highest BCUT2D eigenvalue weighted by atomic mass is 32.2. The molecule has 0 unspecified atom stereocenters. The van der Waals surface area contributed by atoms with E-state index in [2.05, 4.69) is 9.82 Å². The van der Waals surface area contributed by atoms with Crippen LogP contribution in [0.3, 0.4) is 0 Å². The predicted octanol–water partition coefficient (Wildman–Crippen LogP) is 3.38. The summed E-state index contributed by atoms with van der Waals surface area (Å²) in [6, 6.07) is 16.1. The van der Waals surface area contributed by atoms with Crippen molar-refractivity contribution in [1.29, 1.82) is 0 Å². The molecule has 1 N–H and O–H groups in total. The molecule has 0 saturated carbocycles. The fraction of sp³-hybridized carbons (Fsp3) is 0.167. The summed E-state index contributed by atoms with van der Waals surface area (Å²) >= 11 is 0. The van der Waals surface area contributed by atoms with Gasteiger partial charge in [-0.15, -0.1) is 0 Å². The number of hydrogen-bond acceptors (Lipinski definition) is 4. The standard InChI is InChI=1S/C18H19N3O3S/c1-3-24-17-11-9-15(10-12-17)20-25(22,23)18-13-21(19-14(18)2)16-7-5-4-6-8-16/h4-13,20H,3H2,1-2H3. The zero-order valence-corrected chi connectivity index (χ0v) is 14.8. The van der Waals surface area contributed by atoms with E-state index in [1.165, 1.54) is 6.20 Å². The first-order valence-electron chi connectivity index (χ1n) is 7.87. The summed E-state index contributed by atoms with van der Waals surface area (Å²) < 4.78 is 34.9. The molecule has 3 rings (SSSR count). The molecule has 1 heterocycles. The van der Waals surface area contributed by atoms with Crippen molar-refractivity contribution in [3.8, 4) is 11.4 Å².